The van der Waals surface area contributed by atoms with E-state index in [0.717, 1.165) is 6.54 Å². The maximum atomic E-state index is 6.81. The highest BCUT2D eigenvalue weighted by molar-refractivity contribution is 5.98. The van der Waals surface area contributed by atoms with Gasteiger partial charge in [0.1, 0.15) is 0 Å². The van der Waals surface area contributed by atoms with Crippen LogP contribution in [0.1, 0.15) is 6.92 Å². The fourth-order valence-corrected chi connectivity index (χ4v) is 2.21. The standard InChI is InChI=1S/C9H18BNO3/c1-6-4-11(2)7(5-12)9(13-3)8(6)14-10/h6-9,12H,4-5H2,1-3H3/t6-,7+,8+,9+/m0/s1/i12D. The minimum absolute atomic E-state index is 0.0113. The Bertz CT molecular complexity index is 198. The van der Waals surface area contributed by atoms with Gasteiger partial charge in [0.05, 0.1) is 24.9 Å². The number of methoxy groups -OCH3 is 1. The van der Waals surface area contributed by atoms with Gasteiger partial charge in [-0.1, -0.05) is 6.92 Å². The first-order chi connectivity index (χ1) is 7.15. The molecule has 1 rings (SSSR count). The fraction of sp³-hybridized carbons (Fsp3) is 1.00. The number of aliphatic hydroxyl groups is 1. The summed E-state index contributed by atoms with van der Waals surface area (Å²) in [5.41, 5.74) is 0. The lowest BCUT2D eigenvalue weighted by atomic mass is 9.88. The minimum Gasteiger partial charge on any atom is -0.442 e. The number of rotatable bonds is 4. The van der Waals surface area contributed by atoms with E-state index in [1.165, 1.54) is 0 Å². The quantitative estimate of drug-likeness (QED) is 0.616. The smallest absolute Gasteiger partial charge is 0.283 e. The number of likely N-dealkylation sites (tertiary alicyclic amines) is 1. The maximum Gasteiger partial charge on any atom is 0.283 e. The summed E-state index contributed by atoms with van der Waals surface area (Å²) in [5.74, 6) is 0.298. The van der Waals surface area contributed by atoms with Crippen molar-refractivity contribution >= 4 is 8.05 Å². The van der Waals surface area contributed by atoms with Crippen LogP contribution >= 0.6 is 0 Å². The van der Waals surface area contributed by atoms with Gasteiger partial charge >= 0.3 is 0 Å². The number of aliphatic hydroxyl groups excluding tert-OH is 1. The second-order valence-corrected chi connectivity index (χ2v) is 3.95. The van der Waals surface area contributed by atoms with Crippen molar-refractivity contribution in [2.45, 2.75) is 25.2 Å². The predicted octanol–water partition coefficient (Wildman–Crippen LogP) is -0.587. The molecule has 0 spiro atoms. The average Bonchev–Trinajstić information content (AvgIpc) is 2.21. The molecule has 0 unspecified atom stereocenters. The molecule has 0 saturated carbocycles. The molecule has 5 heteroatoms. The van der Waals surface area contributed by atoms with Crippen LogP contribution in [0.2, 0.25) is 0 Å². The van der Waals surface area contributed by atoms with Crippen LogP contribution in [0.25, 0.3) is 0 Å². The summed E-state index contributed by atoms with van der Waals surface area (Å²) in [6.45, 7) is 3.22. The molecule has 1 saturated heterocycles. The molecule has 0 bridgehead atoms. The van der Waals surface area contributed by atoms with E-state index in [9.17, 15) is 0 Å². The van der Waals surface area contributed by atoms with Gasteiger partial charge in [0.15, 0.2) is 0 Å². The Hall–Kier alpha value is -0.0951. The van der Waals surface area contributed by atoms with Gasteiger partial charge < -0.3 is 14.5 Å². The Labute approximate surface area is 88.1 Å². The normalized spacial score (nSPS) is 40.9. The Balaban J connectivity index is 2.75. The third kappa shape index (κ3) is 2.11. The van der Waals surface area contributed by atoms with Crippen molar-refractivity contribution in [3.05, 3.63) is 0 Å². The SMILES string of the molecule is [2H]OC[C@@H]1[C@@H](OC)[C@H](O[B])[C@@H](C)CN1C. The molecule has 1 aliphatic heterocycles. The molecule has 0 aromatic rings. The number of hydrogen-bond acceptors (Lipinski definition) is 4. The van der Waals surface area contributed by atoms with Crippen LogP contribution < -0.4 is 0 Å². The minimum atomic E-state index is -0.158. The van der Waals surface area contributed by atoms with Crippen molar-refractivity contribution in [2.24, 2.45) is 5.92 Å². The number of hydrogen-bond donors (Lipinski definition) is 1. The maximum absolute atomic E-state index is 6.81. The largest absolute Gasteiger partial charge is 0.442 e. The highest BCUT2D eigenvalue weighted by atomic mass is 16.5. The molecular weight excluding hydrogens is 181 g/mol. The summed E-state index contributed by atoms with van der Waals surface area (Å²) >= 11 is 0. The molecule has 0 aromatic heterocycles. The lowest BCUT2D eigenvalue weighted by Crippen LogP contribution is -2.59. The molecule has 0 amide bonds. The van der Waals surface area contributed by atoms with Gasteiger partial charge in [-0.25, -0.2) is 0 Å². The van der Waals surface area contributed by atoms with Gasteiger partial charge in [-0.3, -0.25) is 4.90 Å². The Kier molecular flexibility index (Phi) is 3.81. The van der Waals surface area contributed by atoms with Gasteiger partial charge in [0, 0.05) is 13.7 Å². The number of ether oxygens (including phenoxy) is 1. The second-order valence-electron chi connectivity index (χ2n) is 3.95. The zero-order valence-corrected chi connectivity index (χ0v) is 8.97. The fourth-order valence-electron chi connectivity index (χ4n) is 2.21. The lowest BCUT2D eigenvalue weighted by Gasteiger charge is -2.45. The summed E-state index contributed by atoms with van der Waals surface area (Å²) in [4.78, 5) is 2.11. The molecule has 2 radical (unpaired) electrons. The third-order valence-corrected chi connectivity index (χ3v) is 3.01. The van der Waals surface area contributed by atoms with Crippen molar-refractivity contribution in [1.82, 2.24) is 4.90 Å². The van der Waals surface area contributed by atoms with E-state index in [-0.39, 0.29) is 18.2 Å². The number of likely N-dealkylation sites (N-methyl/N-ethyl adjacent to an activating group) is 1. The van der Waals surface area contributed by atoms with Gasteiger partial charge in [-0.2, -0.15) is 0 Å². The summed E-state index contributed by atoms with van der Waals surface area (Å²) in [6.07, 6.45) is -0.305. The van der Waals surface area contributed by atoms with Crippen LogP contribution in [-0.4, -0.2) is 65.0 Å². The lowest BCUT2D eigenvalue weighted by molar-refractivity contribution is -0.112. The van der Waals surface area contributed by atoms with Crippen LogP contribution in [0.5, 0.6) is 0 Å². The van der Waals surface area contributed by atoms with Crippen LogP contribution in [0, 0.1) is 5.92 Å². The Morgan fingerprint density at radius 2 is 2.36 bits per heavy atom. The predicted molar refractivity (Wildman–Crippen MR) is 54.1 cm³/mol. The van der Waals surface area contributed by atoms with Crippen LogP contribution in [0.4, 0.5) is 0 Å². The summed E-state index contributed by atoms with van der Waals surface area (Å²) in [7, 11) is 8.89. The molecule has 0 aromatic carbocycles. The molecule has 14 heavy (non-hydrogen) atoms. The zero-order chi connectivity index (χ0) is 11.4. The summed E-state index contributed by atoms with van der Waals surface area (Å²) in [5, 5.41) is 4.44. The van der Waals surface area contributed by atoms with E-state index in [1.54, 1.807) is 7.11 Å². The molecular formula is C9H18BNO3. The van der Waals surface area contributed by atoms with Crippen LogP contribution in [0.3, 0.4) is 0 Å². The first-order valence-corrected chi connectivity index (χ1v) is 4.82. The first-order valence-electron chi connectivity index (χ1n) is 5.23. The topological polar surface area (TPSA) is 41.9 Å². The summed E-state index contributed by atoms with van der Waals surface area (Å²) < 4.78 is 17.2. The first kappa shape index (κ1) is 10.4. The van der Waals surface area contributed by atoms with Crippen LogP contribution in [-0.2, 0) is 9.39 Å². The van der Waals surface area contributed by atoms with Crippen molar-refractivity contribution in [1.29, 1.82) is 1.43 Å². The highest BCUT2D eigenvalue weighted by Crippen LogP contribution is 2.25. The molecule has 4 nitrogen and oxygen atoms in total. The molecule has 1 aliphatic rings. The molecule has 0 aliphatic carbocycles. The third-order valence-electron chi connectivity index (χ3n) is 3.01. The van der Waals surface area contributed by atoms with E-state index >= 15 is 0 Å². The number of nitrogens with zero attached hydrogens (tertiary/aromatic N) is 1. The van der Waals surface area contributed by atoms with Crippen molar-refractivity contribution < 1.29 is 14.5 Å². The molecule has 80 valence electrons. The van der Waals surface area contributed by atoms with Gasteiger partial charge in [0.25, 0.3) is 8.05 Å². The van der Waals surface area contributed by atoms with E-state index in [0.29, 0.717) is 12.5 Å². The van der Waals surface area contributed by atoms with E-state index in [4.69, 9.17) is 18.9 Å². The second kappa shape index (κ2) is 5.12. The van der Waals surface area contributed by atoms with Gasteiger partial charge in [-0.15, -0.1) is 0 Å². The number of piperidine rings is 1. The van der Waals surface area contributed by atoms with E-state index < -0.39 is 0 Å². The molecule has 1 heterocycles. The van der Waals surface area contributed by atoms with Gasteiger partial charge in [0.2, 0.25) is 1.43 Å². The highest BCUT2D eigenvalue weighted by Gasteiger charge is 2.40. The zero-order valence-electron chi connectivity index (χ0n) is 9.97. The van der Waals surface area contributed by atoms with Crippen molar-refractivity contribution in [2.75, 3.05) is 27.3 Å². The van der Waals surface area contributed by atoms with E-state index in [1.807, 2.05) is 7.05 Å². The van der Waals surface area contributed by atoms with E-state index in [2.05, 4.69) is 16.9 Å². The van der Waals surface area contributed by atoms with Crippen molar-refractivity contribution in [3.8, 4) is 0 Å². The summed E-state index contributed by atoms with van der Waals surface area (Å²) in [6, 6.07) is 0.0113. The Morgan fingerprint density at radius 3 is 2.86 bits per heavy atom. The van der Waals surface area contributed by atoms with Gasteiger partial charge in [-0.05, 0) is 13.0 Å². The molecule has 4 atom stereocenters. The molecule has 1 fully saturated rings. The van der Waals surface area contributed by atoms with Crippen molar-refractivity contribution in [3.63, 3.8) is 0 Å². The monoisotopic (exact) mass is 200 g/mol. The average molecular weight is 200 g/mol. The molecule has 1 N–H and O–H groups in total. The Morgan fingerprint density at radius 1 is 1.64 bits per heavy atom. The van der Waals surface area contributed by atoms with Crippen LogP contribution in [0.15, 0.2) is 0 Å².